The number of ether oxygens (including phenoxy) is 1. The van der Waals surface area contributed by atoms with Gasteiger partial charge in [0, 0.05) is 39.1 Å². The fourth-order valence-electron chi connectivity index (χ4n) is 2.46. The molecular weight excluding hydrogens is 342 g/mol. The first-order valence-corrected chi connectivity index (χ1v) is 9.21. The van der Waals surface area contributed by atoms with Gasteiger partial charge in [-0.25, -0.2) is 4.79 Å². The van der Waals surface area contributed by atoms with Crippen LogP contribution in [0.4, 0.5) is 4.79 Å². The summed E-state index contributed by atoms with van der Waals surface area (Å²) in [6.07, 6.45) is -0.301. The van der Waals surface area contributed by atoms with Gasteiger partial charge in [0.15, 0.2) is 0 Å². The van der Waals surface area contributed by atoms with Gasteiger partial charge in [0.25, 0.3) is 5.91 Å². The number of carbonyl (C=O) groups is 3. The Hall–Kier alpha value is -2.09. The monoisotopic (exact) mass is 367 g/mol. The zero-order valence-corrected chi connectivity index (χ0v) is 15.7. The first-order chi connectivity index (χ1) is 11.8. The second kappa shape index (κ2) is 8.33. The van der Waals surface area contributed by atoms with Crippen LogP contribution in [-0.2, 0) is 9.53 Å². The average molecular weight is 367 g/mol. The standard InChI is InChI=1S/C17H25N3O4S/c1-17(2,3)24-16(23)18-7-6-14(21)19-8-10-20(11-9-19)15(22)13-5-4-12-25-13/h4-5,12H,6-11H2,1-3H3,(H,18,23). The Morgan fingerprint density at radius 3 is 2.36 bits per heavy atom. The van der Waals surface area contributed by atoms with E-state index in [9.17, 15) is 14.4 Å². The van der Waals surface area contributed by atoms with E-state index in [0.29, 0.717) is 26.2 Å². The van der Waals surface area contributed by atoms with E-state index in [1.165, 1.54) is 11.3 Å². The third-order valence-corrected chi connectivity index (χ3v) is 4.52. The van der Waals surface area contributed by atoms with Crippen LogP contribution in [0.5, 0.6) is 0 Å². The van der Waals surface area contributed by atoms with Gasteiger partial charge in [-0.2, -0.15) is 0 Å². The van der Waals surface area contributed by atoms with Gasteiger partial charge in [-0.05, 0) is 32.2 Å². The topological polar surface area (TPSA) is 79.0 Å². The smallest absolute Gasteiger partial charge is 0.407 e. The van der Waals surface area contributed by atoms with Crippen LogP contribution in [0.1, 0.15) is 36.9 Å². The van der Waals surface area contributed by atoms with Crippen molar-refractivity contribution in [2.45, 2.75) is 32.8 Å². The number of nitrogens with one attached hydrogen (secondary N) is 1. The first kappa shape index (κ1) is 19.2. The minimum Gasteiger partial charge on any atom is -0.444 e. The van der Waals surface area contributed by atoms with Crippen LogP contribution in [-0.4, -0.2) is 66.0 Å². The lowest BCUT2D eigenvalue weighted by molar-refractivity contribution is -0.132. The van der Waals surface area contributed by atoms with Gasteiger partial charge in [-0.1, -0.05) is 6.07 Å². The highest BCUT2D eigenvalue weighted by Gasteiger charge is 2.25. The maximum Gasteiger partial charge on any atom is 0.407 e. The van der Waals surface area contributed by atoms with Crippen molar-refractivity contribution in [3.05, 3.63) is 22.4 Å². The molecule has 3 amide bonds. The van der Waals surface area contributed by atoms with E-state index in [0.717, 1.165) is 4.88 Å². The highest BCUT2D eigenvalue weighted by Crippen LogP contribution is 2.14. The van der Waals surface area contributed by atoms with Crippen molar-refractivity contribution in [2.24, 2.45) is 0 Å². The van der Waals surface area contributed by atoms with Crippen molar-refractivity contribution in [3.8, 4) is 0 Å². The highest BCUT2D eigenvalue weighted by molar-refractivity contribution is 7.12. The van der Waals surface area contributed by atoms with E-state index in [1.807, 2.05) is 17.5 Å². The number of piperazine rings is 1. The van der Waals surface area contributed by atoms with Crippen molar-refractivity contribution in [1.29, 1.82) is 0 Å². The second-order valence-electron chi connectivity index (χ2n) is 6.83. The summed E-state index contributed by atoms with van der Waals surface area (Å²) in [4.78, 5) is 40.2. The molecular formula is C17H25N3O4S. The molecule has 2 heterocycles. The van der Waals surface area contributed by atoms with Crippen LogP contribution in [0.3, 0.4) is 0 Å². The molecule has 1 aliphatic heterocycles. The predicted molar refractivity (Wildman–Crippen MR) is 95.7 cm³/mol. The summed E-state index contributed by atoms with van der Waals surface area (Å²) < 4.78 is 5.12. The van der Waals surface area contributed by atoms with Crippen molar-refractivity contribution in [1.82, 2.24) is 15.1 Å². The molecule has 1 aromatic rings. The second-order valence-corrected chi connectivity index (χ2v) is 7.78. The lowest BCUT2D eigenvalue weighted by Gasteiger charge is -2.34. The molecule has 0 saturated carbocycles. The van der Waals surface area contributed by atoms with E-state index < -0.39 is 11.7 Å². The van der Waals surface area contributed by atoms with Crippen LogP contribution in [0.25, 0.3) is 0 Å². The molecule has 0 aliphatic carbocycles. The summed E-state index contributed by atoms with van der Waals surface area (Å²) in [5.74, 6) is -0.00651. The minimum atomic E-state index is -0.556. The number of hydrogen-bond acceptors (Lipinski definition) is 5. The van der Waals surface area contributed by atoms with Crippen molar-refractivity contribution < 1.29 is 19.1 Å². The maximum atomic E-state index is 12.3. The molecule has 8 heteroatoms. The summed E-state index contributed by atoms with van der Waals surface area (Å²) in [7, 11) is 0. The Kier molecular flexibility index (Phi) is 6.41. The number of nitrogens with zero attached hydrogens (tertiary/aromatic N) is 2. The summed E-state index contributed by atoms with van der Waals surface area (Å²) in [5.41, 5.74) is -0.556. The zero-order valence-electron chi connectivity index (χ0n) is 14.9. The summed E-state index contributed by atoms with van der Waals surface area (Å²) in [6, 6.07) is 3.67. The van der Waals surface area contributed by atoms with Crippen molar-refractivity contribution >= 4 is 29.2 Å². The molecule has 1 saturated heterocycles. The predicted octanol–water partition coefficient (Wildman–Crippen LogP) is 1.95. The van der Waals surface area contributed by atoms with Gasteiger partial charge < -0.3 is 19.9 Å². The molecule has 7 nitrogen and oxygen atoms in total. The quantitative estimate of drug-likeness (QED) is 0.882. The largest absolute Gasteiger partial charge is 0.444 e. The Labute approximate surface area is 151 Å². The molecule has 1 N–H and O–H groups in total. The van der Waals surface area contributed by atoms with Crippen LogP contribution < -0.4 is 5.32 Å². The van der Waals surface area contributed by atoms with Crippen molar-refractivity contribution in [2.75, 3.05) is 32.7 Å². The fraction of sp³-hybridized carbons (Fsp3) is 0.588. The van der Waals surface area contributed by atoms with Crippen molar-refractivity contribution in [3.63, 3.8) is 0 Å². The molecule has 138 valence electrons. The first-order valence-electron chi connectivity index (χ1n) is 8.34. The van der Waals surface area contributed by atoms with E-state index in [2.05, 4.69) is 5.32 Å². The number of rotatable bonds is 4. The van der Waals surface area contributed by atoms with Gasteiger partial charge in [0.2, 0.25) is 5.91 Å². The highest BCUT2D eigenvalue weighted by atomic mass is 32.1. The summed E-state index contributed by atoms with van der Waals surface area (Å²) in [5, 5.41) is 4.46. The van der Waals surface area contributed by atoms with Gasteiger partial charge in [-0.15, -0.1) is 11.3 Å². The molecule has 1 fully saturated rings. The van der Waals surface area contributed by atoms with Crippen LogP contribution in [0, 0.1) is 0 Å². The third-order valence-electron chi connectivity index (χ3n) is 3.66. The summed E-state index contributed by atoms with van der Waals surface area (Å²) >= 11 is 1.43. The molecule has 0 bridgehead atoms. The van der Waals surface area contributed by atoms with E-state index in [4.69, 9.17) is 4.74 Å². The lowest BCUT2D eigenvalue weighted by Crippen LogP contribution is -2.50. The Balaban J connectivity index is 1.69. The molecule has 25 heavy (non-hydrogen) atoms. The number of carbonyl (C=O) groups excluding carboxylic acids is 3. The molecule has 0 unspecified atom stereocenters. The number of alkyl carbamates (subject to hydrolysis) is 1. The van der Waals surface area contributed by atoms with Gasteiger partial charge in [0.05, 0.1) is 4.88 Å². The van der Waals surface area contributed by atoms with E-state index in [1.54, 1.807) is 30.6 Å². The molecule has 0 spiro atoms. The van der Waals surface area contributed by atoms with E-state index in [-0.39, 0.29) is 24.8 Å². The van der Waals surface area contributed by atoms with Gasteiger partial charge in [-0.3, -0.25) is 9.59 Å². The fourth-order valence-corrected chi connectivity index (χ4v) is 3.15. The average Bonchev–Trinajstić information content (AvgIpc) is 3.07. The van der Waals surface area contributed by atoms with Crippen LogP contribution in [0.2, 0.25) is 0 Å². The zero-order chi connectivity index (χ0) is 18.4. The number of amides is 3. The maximum absolute atomic E-state index is 12.3. The third kappa shape index (κ3) is 6.04. The lowest BCUT2D eigenvalue weighted by atomic mass is 10.2. The molecule has 1 aromatic heterocycles. The number of thiophene rings is 1. The summed E-state index contributed by atoms with van der Waals surface area (Å²) in [6.45, 7) is 7.69. The minimum absolute atomic E-state index is 0.0219. The molecule has 0 radical (unpaired) electrons. The van der Waals surface area contributed by atoms with Crippen LogP contribution >= 0.6 is 11.3 Å². The molecule has 0 atom stereocenters. The van der Waals surface area contributed by atoms with Gasteiger partial charge in [0.1, 0.15) is 5.60 Å². The molecule has 0 aromatic carbocycles. The van der Waals surface area contributed by atoms with Crippen LogP contribution in [0.15, 0.2) is 17.5 Å². The van der Waals surface area contributed by atoms with Gasteiger partial charge >= 0.3 is 6.09 Å². The number of hydrogen-bond donors (Lipinski definition) is 1. The normalized spacial score (nSPS) is 15.0. The molecule has 2 rings (SSSR count). The Bertz CT molecular complexity index is 602. The Morgan fingerprint density at radius 2 is 1.80 bits per heavy atom. The van der Waals surface area contributed by atoms with E-state index >= 15 is 0 Å². The SMILES string of the molecule is CC(C)(C)OC(=O)NCCC(=O)N1CCN(C(=O)c2cccs2)CC1. The molecule has 1 aliphatic rings. The Morgan fingerprint density at radius 1 is 1.16 bits per heavy atom.